The normalized spacial score (nSPS) is 11.1. The summed E-state index contributed by atoms with van der Waals surface area (Å²) in [7, 11) is -4.23. The number of esters is 1. The summed E-state index contributed by atoms with van der Waals surface area (Å²) in [5.41, 5.74) is 1.40. The Morgan fingerprint density at radius 1 is 1.19 bits per heavy atom. The number of anilines is 1. The smallest absolute Gasteiger partial charge is 0.326 e. The van der Waals surface area contributed by atoms with Crippen LogP contribution in [0.3, 0.4) is 0 Å². The fourth-order valence-corrected chi connectivity index (χ4v) is 4.00. The second-order valence-electron chi connectivity index (χ2n) is 5.86. The first-order valence-corrected chi connectivity index (χ1v) is 9.61. The molecule has 2 rings (SSSR count). The van der Waals surface area contributed by atoms with Gasteiger partial charge in [-0.15, -0.1) is 0 Å². The molecule has 27 heavy (non-hydrogen) atoms. The van der Waals surface area contributed by atoms with Crippen LogP contribution in [0.4, 0.5) is 11.4 Å². The molecule has 0 unspecified atom stereocenters. The Morgan fingerprint density at radius 3 is 2.52 bits per heavy atom. The van der Waals surface area contributed by atoms with Gasteiger partial charge in [0.05, 0.1) is 22.1 Å². The van der Waals surface area contributed by atoms with E-state index in [2.05, 4.69) is 0 Å². The van der Waals surface area contributed by atoms with Crippen molar-refractivity contribution in [1.29, 1.82) is 0 Å². The number of non-ortho nitro benzene ring substituents is 1. The molecule has 0 heterocycles. The van der Waals surface area contributed by atoms with Gasteiger partial charge in [-0.1, -0.05) is 18.2 Å². The Kier molecular flexibility index (Phi) is 6.17. The molecule has 8 nitrogen and oxygen atoms in total. The molecular formula is C18H20N2O6S. The van der Waals surface area contributed by atoms with E-state index in [0.717, 1.165) is 15.9 Å². The molecule has 0 amide bonds. The summed E-state index contributed by atoms with van der Waals surface area (Å²) in [5, 5.41) is 11.0. The number of aryl methyl sites for hydroxylation is 2. The van der Waals surface area contributed by atoms with E-state index < -0.39 is 27.5 Å². The van der Waals surface area contributed by atoms with Gasteiger partial charge in [-0.05, 0) is 44.0 Å². The molecule has 0 saturated heterocycles. The Labute approximate surface area is 157 Å². The number of hydrogen-bond acceptors (Lipinski definition) is 6. The van der Waals surface area contributed by atoms with E-state index in [9.17, 15) is 23.3 Å². The predicted octanol–water partition coefficient (Wildman–Crippen LogP) is 2.97. The van der Waals surface area contributed by atoms with Crippen molar-refractivity contribution in [2.45, 2.75) is 25.7 Å². The maximum absolute atomic E-state index is 13.2. The lowest BCUT2D eigenvalue weighted by atomic mass is 10.1. The summed E-state index contributed by atoms with van der Waals surface area (Å²) in [6.07, 6.45) is 0. The van der Waals surface area contributed by atoms with Gasteiger partial charge in [0.2, 0.25) is 0 Å². The number of carbonyl (C=O) groups excluding carboxylic acids is 1. The largest absolute Gasteiger partial charge is 0.465 e. The SMILES string of the molecule is CCOC(=O)CN(c1cc(C)ccc1C)S(=O)(=O)c1cccc([N+](=O)[O-])c1. The van der Waals surface area contributed by atoms with Crippen LogP contribution in [0.25, 0.3) is 0 Å². The number of nitrogens with zero attached hydrogens (tertiary/aromatic N) is 2. The molecule has 0 aliphatic heterocycles. The molecule has 0 atom stereocenters. The zero-order valence-electron chi connectivity index (χ0n) is 15.2. The van der Waals surface area contributed by atoms with E-state index in [0.29, 0.717) is 11.3 Å². The Bertz CT molecular complexity index is 972. The molecule has 0 aliphatic rings. The third-order valence-electron chi connectivity index (χ3n) is 3.83. The van der Waals surface area contributed by atoms with Crippen LogP contribution in [-0.2, 0) is 19.6 Å². The first-order chi connectivity index (χ1) is 12.7. The molecule has 0 N–H and O–H groups in total. The Balaban J connectivity index is 2.61. The predicted molar refractivity (Wildman–Crippen MR) is 100 cm³/mol. The average Bonchev–Trinajstić information content (AvgIpc) is 2.62. The second kappa shape index (κ2) is 8.17. The minimum atomic E-state index is -4.23. The van der Waals surface area contributed by atoms with Crippen molar-refractivity contribution in [3.8, 4) is 0 Å². The van der Waals surface area contributed by atoms with Gasteiger partial charge in [-0.2, -0.15) is 0 Å². The number of sulfonamides is 1. The second-order valence-corrected chi connectivity index (χ2v) is 7.72. The summed E-state index contributed by atoms with van der Waals surface area (Å²) >= 11 is 0. The number of ether oxygens (including phenoxy) is 1. The van der Waals surface area contributed by atoms with Crippen molar-refractivity contribution < 1.29 is 22.9 Å². The molecule has 0 fully saturated rings. The highest BCUT2D eigenvalue weighted by Crippen LogP contribution is 2.29. The third-order valence-corrected chi connectivity index (χ3v) is 5.58. The van der Waals surface area contributed by atoms with Gasteiger partial charge in [0.25, 0.3) is 15.7 Å². The van der Waals surface area contributed by atoms with Crippen LogP contribution in [0.5, 0.6) is 0 Å². The van der Waals surface area contributed by atoms with Gasteiger partial charge < -0.3 is 4.74 Å². The van der Waals surface area contributed by atoms with Crippen LogP contribution in [0.2, 0.25) is 0 Å². The van der Waals surface area contributed by atoms with E-state index in [-0.39, 0.29) is 17.2 Å². The van der Waals surface area contributed by atoms with E-state index >= 15 is 0 Å². The standard InChI is InChI=1S/C18H20N2O6S/c1-4-26-18(21)12-19(17-10-13(2)8-9-14(17)3)27(24,25)16-7-5-6-15(11-16)20(22)23/h5-11H,4,12H2,1-3H3. The molecule has 0 saturated carbocycles. The lowest BCUT2D eigenvalue weighted by Crippen LogP contribution is -2.37. The zero-order valence-corrected chi connectivity index (χ0v) is 16.0. The Morgan fingerprint density at radius 2 is 1.89 bits per heavy atom. The van der Waals surface area contributed by atoms with Gasteiger partial charge in [-0.3, -0.25) is 19.2 Å². The van der Waals surface area contributed by atoms with Crippen LogP contribution < -0.4 is 4.31 Å². The summed E-state index contributed by atoms with van der Waals surface area (Å²) in [4.78, 5) is 22.1. The van der Waals surface area contributed by atoms with Gasteiger partial charge in [0.1, 0.15) is 6.54 Å². The first-order valence-electron chi connectivity index (χ1n) is 8.17. The summed E-state index contributed by atoms with van der Waals surface area (Å²) in [5.74, 6) is -0.715. The van der Waals surface area contributed by atoms with Crippen LogP contribution >= 0.6 is 0 Å². The monoisotopic (exact) mass is 392 g/mol. The molecule has 9 heteroatoms. The molecule has 0 spiro atoms. The number of hydrogen-bond donors (Lipinski definition) is 0. The number of carbonyl (C=O) groups is 1. The van der Waals surface area contributed by atoms with Gasteiger partial charge >= 0.3 is 5.97 Å². The number of rotatable bonds is 7. The van der Waals surface area contributed by atoms with Crippen molar-refractivity contribution >= 4 is 27.4 Å². The van der Waals surface area contributed by atoms with E-state index in [4.69, 9.17) is 4.74 Å². The molecule has 0 bridgehead atoms. The number of nitro groups is 1. The summed E-state index contributed by atoms with van der Waals surface area (Å²) in [6.45, 7) is 4.70. The highest BCUT2D eigenvalue weighted by Gasteiger charge is 2.30. The highest BCUT2D eigenvalue weighted by molar-refractivity contribution is 7.92. The van der Waals surface area contributed by atoms with Crippen LogP contribution in [0.15, 0.2) is 47.4 Å². The first kappa shape index (κ1) is 20.4. The quantitative estimate of drug-likeness (QED) is 0.407. The minimum Gasteiger partial charge on any atom is -0.465 e. The molecule has 0 aliphatic carbocycles. The van der Waals surface area contributed by atoms with Gasteiger partial charge in [0, 0.05) is 12.1 Å². The van der Waals surface area contributed by atoms with Crippen LogP contribution in [0, 0.1) is 24.0 Å². The van der Waals surface area contributed by atoms with Crippen molar-refractivity contribution in [2.24, 2.45) is 0 Å². The van der Waals surface area contributed by atoms with Gasteiger partial charge in [0.15, 0.2) is 0 Å². The van der Waals surface area contributed by atoms with Crippen LogP contribution in [-0.4, -0.2) is 32.5 Å². The number of benzene rings is 2. The maximum atomic E-state index is 13.2. The highest BCUT2D eigenvalue weighted by atomic mass is 32.2. The summed E-state index contributed by atoms with van der Waals surface area (Å²) in [6, 6.07) is 9.92. The summed E-state index contributed by atoms with van der Waals surface area (Å²) < 4.78 is 32.2. The van der Waals surface area contributed by atoms with Crippen LogP contribution in [0.1, 0.15) is 18.1 Å². The molecule has 144 valence electrons. The van der Waals surface area contributed by atoms with Gasteiger partial charge in [-0.25, -0.2) is 8.42 Å². The topological polar surface area (TPSA) is 107 Å². The van der Waals surface area contributed by atoms with E-state index in [1.165, 1.54) is 18.2 Å². The molecular weight excluding hydrogens is 372 g/mol. The van der Waals surface area contributed by atoms with E-state index in [1.54, 1.807) is 32.9 Å². The minimum absolute atomic E-state index is 0.107. The molecule has 2 aromatic carbocycles. The van der Waals surface area contributed by atoms with Crippen molar-refractivity contribution in [3.05, 3.63) is 63.7 Å². The molecule has 2 aromatic rings. The maximum Gasteiger partial charge on any atom is 0.326 e. The lowest BCUT2D eigenvalue weighted by Gasteiger charge is -2.25. The lowest BCUT2D eigenvalue weighted by molar-refractivity contribution is -0.385. The fourth-order valence-electron chi connectivity index (χ4n) is 2.50. The van der Waals surface area contributed by atoms with Crippen molar-refractivity contribution in [1.82, 2.24) is 0 Å². The molecule has 0 radical (unpaired) electrons. The van der Waals surface area contributed by atoms with Crippen molar-refractivity contribution in [3.63, 3.8) is 0 Å². The third kappa shape index (κ3) is 4.62. The fraction of sp³-hybridized carbons (Fsp3) is 0.278. The Hall–Kier alpha value is -2.94. The molecule has 0 aromatic heterocycles. The van der Waals surface area contributed by atoms with E-state index in [1.807, 2.05) is 6.07 Å². The average molecular weight is 392 g/mol. The van der Waals surface area contributed by atoms with Crippen molar-refractivity contribution in [2.75, 3.05) is 17.5 Å². The zero-order chi connectivity index (χ0) is 20.2. The number of nitro benzene ring substituents is 1.